The van der Waals surface area contributed by atoms with E-state index in [1.54, 1.807) is 18.2 Å². The van der Waals surface area contributed by atoms with Crippen molar-refractivity contribution in [2.45, 2.75) is 6.92 Å². The molecule has 0 atom stereocenters. The summed E-state index contributed by atoms with van der Waals surface area (Å²) in [6, 6.07) is 10.7. The fraction of sp³-hybridized carbons (Fsp3) is 0.0556. The van der Waals surface area contributed by atoms with E-state index in [-0.39, 0.29) is 17.0 Å². The average Bonchev–Trinajstić information content (AvgIpc) is 2.55. The van der Waals surface area contributed by atoms with Crippen LogP contribution in [0.2, 0.25) is 0 Å². The van der Waals surface area contributed by atoms with Gasteiger partial charge >= 0.3 is 0 Å². The number of benzene rings is 2. The van der Waals surface area contributed by atoms with E-state index >= 15 is 0 Å². The molecule has 0 saturated heterocycles. The van der Waals surface area contributed by atoms with Gasteiger partial charge in [-0.1, -0.05) is 0 Å². The lowest BCUT2D eigenvalue weighted by Crippen LogP contribution is -2.13. The Labute approximate surface area is 142 Å². The highest BCUT2D eigenvalue weighted by molar-refractivity contribution is 6.09. The fourth-order valence-electron chi connectivity index (χ4n) is 1.96. The van der Waals surface area contributed by atoms with E-state index in [0.29, 0.717) is 17.4 Å². The van der Waals surface area contributed by atoms with Crippen molar-refractivity contribution in [3.8, 4) is 6.07 Å². The van der Waals surface area contributed by atoms with E-state index in [9.17, 15) is 18.4 Å². The van der Waals surface area contributed by atoms with Crippen LogP contribution in [0.3, 0.4) is 0 Å². The van der Waals surface area contributed by atoms with Crippen molar-refractivity contribution in [1.82, 2.24) is 0 Å². The summed E-state index contributed by atoms with van der Waals surface area (Å²) in [6.07, 6.45) is 1.04. The van der Waals surface area contributed by atoms with Gasteiger partial charge in [0, 0.05) is 29.9 Å². The zero-order valence-electron chi connectivity index (χ0n) is 13.1. The monoisotopic (exact) mass is 341 g/mol. The van der Waals surface area contributed by atoms with Crippen LogP contribution in [0.15, 0.2) is 48.0 Å². The molecule has 7 heteroatoms. The van der Waals surface area contributed by atoms with Crippen molar-refractivity contribution in [2.24, 2.45) is 0 Å². The molecule has 0 aliphatic heterocycles. The molecule has 0 bridgehead atoms. The molecule has 0 aliphatic carbocycles. The number of anilines is 2. The Hall–Kier alpha value is -3.53. The number of carbonyl (C=O) groups is 2. The van der Waals surface area contributed by atoms with Crippen LogP contribution < -0.4 is 10.6 Å². The molecule has 0 aliphatic rings. The minimum atomic E-state index is -0.875. The molecule has 0 fully saturated rings. The summed E-state index contributed by atoms with van der Waals surface area (Å²) in [7, 11) is 0. The number of amides is 2. The average molecular weight is 341 g/mol. The summed E-state index contributed by atoms with van der Waals surface area (Å²) < 4.78 is 26.5. The third-order valence-corrected chi connectivity index (χ3v) is 3.09. The molecular formula is C18H13F2N3O2. The SMILES string of the molecule is CC(=O)Nc1ccc(NC(=O)/C(C#N)=C/c2ccc(F)cc2F)cc1. The van der Waals surface area contributed by atoms with Gasteiger partial charge in [-0.2, -0.15) is 5.26 Å². The Bertz CT molecular complexity index is 884. The molecule has 0 unspecified atom stereocenters. The molecule has 0 saturated carbocycles. The first-order chi connectivity index (χ1) is 11.9. The van der Waals surface area contributed by atoms with Gasteiger partial charge in [-0.15, -0.1) is 0 Å². The maximum Gasteiger partial charge on any atom is 0.266 e. The number of rotatable bonds is 4. The molecule has 2 N–H and O–H groups in total. The third kappa shape index (κ3) is 4.97. The van der Waals surface area contributed by atoms with Crippen LogP contribution in [0, 0.1) is 23.0 Å². The van der Waals surface area contributed by atoms with Gasteiger partial charge in [0.1, 0.15) is 23.3 Å². The van der Waals surface area contributed by atoms with E-state index in [1.165, 1.54) is 19.1 Å². The second kappa shape index (κ2) is 7.84. The van der Waals surface area contributed by atoms with Crippen LogP contribution in [0.4, 0.5) is 20.2 Å². The van der Waals surface area contributed by atoms with Gasteiger partial charge in [-0.3, -0.25) is 9.59 Å². The largest absolute Gasteiger partial charge is 0.326 e. The maximum atomic E-state index is 13.6. The fourth-order valence-corrected chi connectivity index (χ4v) is 1.96. The van der Waals surface area contributed by atoms with Gasteiger partial charge in [-0.25, -0.2) is 8.78 Å². The minimum Gasteiger partial charge on any atom is -0.326 e. The topological polar surface area (TPSA) is 82.0 Å². The Morgan fingerprint density at radius 1 is 1.04 bits per heavy atom. The molecule has 0 radical (unpaired) electrons. The summed E-state index contributed by atoms with van der Waals surface area (Å²) in [5, 5.41) is 14.2. The molecule has 2 aromatic carbocycles. The van der Waals surface area contributed by atoms with Crippen LogP contribution >= 0.6 is 0 Å². The molecule has 2 aromatic rings. The van der Waals surface area contributed by atoms with Crippen LogP contribution in [0.5, 0.6) is 0 Å². The lowest BCUT2D eigenvalue weighted by atomic mass is 10.1. The summed E-state index contributed by atoms with van der Waals surface area (Å²) in [5.74, 6) is -2.59. The Kier molecular flexibility index (Phi) is 5.58. The smallest absolute Gasteiger partial charge is 0.266 e. The number of halogens is 2. The number of nitriles is 1. The van der Waals surface area contributed by atoms with Crippen molar-refractivity contribution < 1.29 is 18.4 Å². The van der Waals surface area contributed by atoms with Gasteiger partial charge in [0.2, 0.25) is 5.91 Å². The van der Waals surface area contributed by atoms with Crippen molar-refractivity contribution in [3.05, 3.63) is 65.2 Å². The Morgan fingerprint density at radius 2 is 1.64 bits per heavy atom. The standard InChI is InChI=1S/C18H13F2N3O2/c1-11(24)22-15-4-6-16(7-5-15)23-18(25)13(10-21)8-12-2-3-14(19)9-17(12)20/h2-9H,1H3,(H,22,24)(H,23,25)/b13-8+. The van der Waals surface area contributed by atoms with Crippen molar-refractivity contribution in [1.29, 1.82) is 5.26 Å². The maximum absolute atomic E-state index is 13.6. The predicted molar refractivity (Wildman–Crippen MR) is 89.3 cm³/mol. The van der Waals surface area contributed by atoms with Crippen molar-refractivity contribution >= 4 is 29.3 Å². The molecule has 25 heavy (non-hydrogen) atoms. The molecular weight excluding hydrogens is 328 g/mol. The third-order valence-electron chi connectivity index (χ3n) is 3.09. The van der Waals surface area contributed by atoms with Crippen LogP contribution in [0.25, 0.3) is 6.08 Å². The first-order valence-corrected chi connectivity index (χ1v) is 7.15. The van der Waals surface area contributed by atoms with E-state index in [2.05, 4.69) is 10.6 Å². The highest BCUT2D eigenvalue weighted by Gasteiger charge is 2.11. The predicted octanol–water partition coefficient (Wildman–Crippen LogP) is 3.47. The van der Waals surface area contributed by atoms with E-state index in [1.807, 2.05) is 0 Å². The molecule has 2 rings (SSSR count). The minimum absolute atomic E-state index is 0.0749. The first-order valence-electron chi connectivity index (χ1n) is 7.15. The number of nitrogens with one attached hydrogen (secondary N) is 2. The molecule has 0 heterocycles. The van der Waals surface area contributed by atoms with Gasteiger partial charge in [0.15, 0.2) is 0 Å². The zero-order valence-corrected chi connectivity index (χ0v) is 13.1. The Balaban J connectivity index is 2.16. The van der Waals surface area contributed by atoms with Crippen molar-refractivity contribution in [2.75, 3.05) is 10.6 Å². The molecule has 2 amide bonds. The molecule has 0 spiro atoms. The second-order valence-corrected chi connectivity index (χ2v) is 5.05. The molecule has 5 nitrogen and oxygen atoms in total. The van der Waals surface area contributed by atoms with E-state index in [4.69, 9.17) is 5.26 Å². The number of carbonyl (C=O) groups excluding carboxylic acids is 2. The molecule has 126 valence electrons. The summed E-state index contributed by atoms with van der Waals surface area (Å²) in [5.41, 5.74) is 0.528. The second-order valence-electron chi connectivity index (χ2n) is 5.05. The van der Waals surface area contributed by atoms with Crippen molar-refractivity contribution in [3.63, 3.8) is 0 Å². The van der Waals surface area contributed by atoms with E-state index < -0.39 is 17.5 Å². The van der Waals surface area contributed by atoms with Crippen LogP contribution in [-0.4, -0.2) is 11.8 Å². The molecule has 0 aromatic heterocycles. The van der Waals surface area contributed by atoms with Gasteiger partial charge in [0.25, 0.3) is 5.91 Å². The van der Waals surface area contributed by atoms with E-state index in [0.717, 1.165) is 18.2 Å². The van der Waals surface area contributed by atoms with Crippen LogP contribution in [0.1, 0.15) is 12.5 Å². The number of hydrogen-bond donors (Lipinski definition) is 2. The first kappa shape index (κ1) is 17.8. The lowest BCUT2D eigenvalue weighted by molar-refractivity contribution is -0.114. The van der Waals surface area contributed by atoms with Gasteiger partial charge in [0.05, 0.1) is 0 Å². The normalized spacial score (nSPS) is 10.7. The summed E-state index contributed by atoms with van der Waals surface area (Å²) >= 11 is 0. The number of nitrogens with zero attached hydrogens (tertiary/aromatic N) is 1. The summed E-state index contributed by atoms with van der Waals surface area (Å²) in [6.45, 7) is 1.37. The summed E-state index contributed by atoms with van der Waals surface area (Å²) in [4.78, 5) is 23.1. The van der Waals surface area contributed by atoms with Gasteiger partial charge in [-0.05, 0) is 42.5 Å². The Morgan fingerprint density at radius 3 is 2.16 bits per heavy atom. The van der Waals surface area contributed by atoms with Gasteiger partial charge < -0.3 is 10.6 Å². The van der Waals surface area contributed by atoms with Crippen LogP contribution in [-0.2, 0) is 9.59 Å². The number of hydrogen-bond acceptors (Lipinski definition) is 3. The highest BCUT2D eigenvalue weighted by Crippen LogP contribution is 2.17. The highest BCUT2D eigenvalue weighted by atomic mass is 19.1. The lowest BCUT2D eigenvalue weighted by Gasteiger charge is -2.06. The zero-order chi connectivity index (χ0) is 18.4. The quantitative estimate of drug-likeness (QED) is 0.660.